The molecule has 1 aromatic rings. The molecule has 0 amide bonds. The Bertz CT molecular complexity index is 459. The zero-order chi connectivity index (χ0) is 14.6. The summed E-state index contributed by atoms with van der Waals surface area (Å²) in [6, 6.07) is 3.40. The average Bonchev–Trinajstić information content (AvgIpc) is 2.36. The summed E-state index contributed by atoms with van der Waals surface area (Å²) in [5.41, 5.74) is 5.58. The number of alkyl halides is 4. The molecule has 0 spiro atoms. The topological polar surface area (TPSA) is 61.5 Å². The Morgan fingerprint density at radius 1 is 1.35 bits per heavy atom. The van der Waals surface area contributed by atoms with E-state index in [0.717, 1.165) is 19.2 Å². The van der Waals surface area contributed by atoms with Crippen LogP contribution in [0.5, 0.6) is 5.75 Å². The molecule has 2 N–H and O–H groups in total. The van der Waals surface area contributed by atoms with Crippen LogP contribution in [0.3, 0.4) is 0 Å². The van der Waals surface area contributed by atoms with Crippen molar-refractivity contribution in [2.24, 2.45) is 5.73 Å². The van der Waals surface area contributed by atoms with Crippen molar-refractivity contribution in [2.75, 3.05) is 7.11 Å². The Hall–Kier alpha value is -1.54. The fourth-order valence-corrected chi connectivity index (χ4v) is 1.24. The quantitative estimate of drug-likeness (QED) is 0.669. The monoisotopic (exact) mass is 317 g/mol. The summed E-state index contributed by atoms with van der Waals surface area (Å²) in [6.07, 6.45) is -8.58. The molecule has 0 aliphatic carbocycles. The molecule has 1 atom stereocenters. The molecular formula is C11H12ClF4NO3. The van der Waals surface area contributed by atoms with Crippen LogP contribution in [-0.2, 0) is 9.53 Å². The highest BCUT2D eigenvalue weighted by atomic mass is 35.5. The highest BCUT2D eigenvalue weighted by Crippen LogP contribution is 2.28. The van der Waals surface area contributed by atoms with Crippen molar-refractivity contribution in [3.05, 3.63) is 29.8 Å². The van der Waals surface area contributed by atoms with Gasteiger partial charge in [0.1, 0.15) is 11.8 Å². The van der Waals surface area contributed by atoms with E-state index in [1.54, 1.807) is 0 Å². The van der Waals surface area contributed by atoms with Gasteiger partial charge in [0.05, 0.1) is 7.11 Å². The zero-order valence-electron chi connectivity index (χ0n) is 10.2. The molecule has 0 aliphatic heterocycles. The number of halogens is 5. The van der Waals surface area contributed by atoms with Crippen LogP contribution in [0.25, 0.3) is 0 Å². The van der Waals surface area contributed by atoms with Gasteiger partial charge in [-0.15, -0.1) is 12.4 Å². The molecular weight excluding hydrogens is 306 g/mol. The van der Waals surface area contributed by atoms with Gasteiger partial charge in [-0.2, -0.15) is 17.6 Å². The van der Waals surface area contributed by atoms with Gasteiger partial charge in [0.25, 0.3) is 0 Å². The SMILES string of the molecule is COC(=O)[C@H](N)c1cccc(OC(F)(F)C(F)F)c1.Cl. The molecule has 1 aromatic carbocycles. The Balaban J connectivity index is 0.00000361. The highest BCUT2D eigenvalue weighted by Gasteiger charge is 2.44. The van der Waals surface area contributed by atoms with E-state index in [4.69, 9.17) is 5.73 Å². The fraction of sp³-hybridized carbons (Fsp3) is 0.364. The summed E-state index contributed by atoms with van der Waals surface area (Å²) in [6.45, 7) is 0. The first-order chi connectivity index (χ1) is 8.77. The molecule has 4 nitrogen and oxygen atoms in total. The molecule has 0 radical (unpaired) electrons. The van der Waals surface area contributed by atoms with Crippen molar-refractivity contribution >= 4 is 18.4 Å². The largest absolute Gasteiger partial charge is 0.468 e. The lowest BCUT2D eigenvalue weighted by molar-refractivity contribution is -0.253. The van der Waals surface area contributed by atoms with Crippen molar-refractivity contribution in [2.45, 2.75) is 18.6 Å². The van der Waals surface area contributed by atoms with Crippen LogP contribution in [0.1, 0.15) is 11.6 Å². The number of rotatable bonds is 5. The summed E-state index contributed by atoms with van der Waals surface area (Å²) in [7, 11) is 1.10. The standard InChI is InChI=1S/C11H11F4NO3.ClH/c1-18-9(17)8(16)6-3-2-4-7(5-6)19-11(14,15)10(12)13;/h2-5,8,10H,16H2,1H3;1H/t8-;/m1./s1. The van der Waals surface area contributed by atoms with Crippen LogP contribution < -0.4 is 10.5 Å². The van der Waals surface area contributed by atoms with E-state index in [1.165, 1.54) is 12.1 Å². The minimum absolute atomic E-state index is 0. The molecule has 114 valence electrons. The molecule has 0 heterocycles. The van der Waals surface area contributed by atoms with Crippen LogP contribution >= 0.6 is 12.4 Å². The van der Waals surface area contributed by atoms with E-state index in [-0.39, 0.29) is 18.0 Å². The van der Waals surface area contributed by atoms with E-state index in [9.17, 15) is 22.4 Å². The molecule has 0 unspecified atom stereocenters. The van der Waals surface area contributed by atoms with E-state index in [1.807, 2.05) is 0 Å². The molecule has 0 saturated carbocycles. The lowest BCUT2D eigenvalue weighted by atomic mass is 10.1. The molecule has 20 heavy (non-hydrogen) atoms. The maximum Gasteiger partial charge on any atom is 0.461 e. The van der Waals surface area contributed by atoms with Gasteiger partial charge in [-0.25, -0.2) is 0 Å². The van der Waals surface area contributed by atoms with Crippen LogP contribution in [0.4, 0.5) is 17.6 Å². The second-order valence-electron chi connectivity index (χ2n) is 3.54. The fourth-order valence-electron chi connectivity index (χ4n) is 1.24. The Morgan fingerprint density at radius 2 is 1.95 bits per heavy atom. The van der Waals surface area contributed by atoms with E-state index in [0.29, 0.717) is 0 Å². The smallest absolute Gasteiger partial charge is 0.461 e. The van der Waals surface area contributed by atoms with Crippen LogP contribution in [-0.4, -0.2) is 25.6 Å². The number of nitrogens with two attached hydrogens (primary N) is 1. The first kappa shape index (κ1) is 18.5. The lowest BCUT2D eigenvalue weighted by Gasteiger charge is -2.18. The van der Waals surface area contributed by atoms with Crippen LogP contribution in [0.15, 0.2) is 24.3 Å². The summed E-state index contributed by atoms with van der Waals surface area (Å²) in [4.78, 5) is 11.2. The maximum absolute atomic E-state index is 12.7. The molecule has 9 heteroatoms. The Morgan fingerprint density at radius 3 is 2.45 bits per heavy atom. The second kappa shape index (κ2) is 7.30. The summed E-state index contributed by atoms with van der Waals surface area (Å²) in [5, 5.41) is 0. The predicted molar refractivity (Wildman–Crippen MR) is 64.2 cm³/mol. The Kier molecular flexibility index (Phi) is 6.74. The first-order valence-electron chi connectivity index (χ1n) is 5.06. The van der Waals surface area contributed by atoms with Crippen LogP contribution in [0.2, 0.25) is 0 Å². The van der Waals surface area contributed by atoms with E-state index < -0.39 is 30.3 Å². The molecule has 1 rings (SSSR count). The number of hydrogen-bond acceptors (Lipinski definition) is 4. The van der Waals surface area contributed by atoms with Gasteiger partial charge >= 0.3 is 18.5 Å². The van der Waals surface area contributed by atoms with E-state index in [2.05, 4.69) is 9.47 Å². The number of hydrogen-bond donors (Lipinski definition) is 1. The summed E-state index contributed by atoms with van der Waals surface area (Å²) < 4.78 is 57.6. The van der Waals surface area contributed by atoms with Gasteiger partial charge in [-0.05, 0) is 17.7 Å². The van der Waals surface area contributed by atoms with Crippen molar-refractivity contribution in [3.8, 4) is 5.75 Å². The van der Waals surface area contributed by atoms with Gasteiger partial charge in [0, 0.05) is 0 Å². The third-order valence-electron chi connectivity index (χ3n) is 2.18. The number of carbonyl (C=O) groups excluding carboxylic acids is 1. The number of benzene rings is 1. The minimum Gasteiger partial charge on any atom is -0.468 e. The number of carbonyl (C=O) groups is 1. The molecule has 0 bridgehead atoms. The van der Waals surface area contributed by atoms with E-state index >= 15 is 0 Å². The highest BCUT2D eigenvalue weighted by molar-refractivity contribution is 5.85. The molecule has 0 aromatic heterocycles. The minimum atomic E-state index is -4.62. The predicted octanol–water partition coefficient (Wildman–Crippen LogP) is 2.52. The number of methoxy groups -OCH3 is 1. The number of esters is 1. The zero-order valence-corrected chi connectivity index (χ0v) is 11.0. The van der Waals surface area contributed by atoms with Gasteiger partial charge in [0.15, 0.2) is 0 Å². The second-order valence-corrected chi connectivity index (χ2v) is 3.54. The van der Waals surface area contributed by atoms with Crippen molar-refractivity contribution in [1.29, 1.82) is 0 Å². The lowest BCUT2D eigenvalue weighted by Crippen LogP contribution is -2.33. The van der Waals surface area contributed by atoms with Crippen molar-refractivity contribution < 1.29 is 31.8 Å². The van der Waals surface area contributed by atoms with Crippen LogP contribution in [0, 0.1) is 0 Å². The van der Waals surface area contributed by atoms with Gasteiger partial charge in [-0.1, -0.05) is 12.1 Å². The molecule has 0 fully saturated rings. The number of ether oxygens (including phenoxy) is 2. The molecule has 0 saturated heterocycles. The van der Waals surface area contributed by atoms with Crippen molar-refractivity contribution in [1.82, 2.24) is 0 Å². The summed E-state index contributed by atoms with van der Waals surface area (Å²) in [5.74, 6) is -1.32. The van der Waals surface area contributed by atoms with Gasteiger partial charge in [0.2, 0.25) is 0 Å². The van der Waals surface area contributed by atoms with Gasteiger partial charge < -0.3 is 15.2 Å². The third-order valence-corrected chi connectivity index (χ3v) is 2.18. The maximum atomic E-state index is 12.7. The first-order valence-corrected chi connectivity index (χ1v) is 5.06. The Labute approximate surface area is 118 Å². The molecule has 0 aliphatic rings. The van der Waals surface area contributed by atoms with Gasteiger partial charge in [-0.3, -0.25) is 4.79 Å². The summed E-state index contributed by atoms with van der Waals surface area (Å²) >= 11 is 0. The normalized spacial score (nSPS) is 12.6. The average molecular weight is 318 g/mol. The van der Waals surface area contributed by atoms with Crippen molar-refractivity contribution in [3.63, 3.8) is 0 Å². The third kappa shape index (κ3) is 4.53.